The van der Waals surface area contributed by atoms with Gasteiger partial charge in [0.1, 0.15) is 11.6 Å². The lowest BCUT2D eigenvalue weighted by Crippen LogP contribution is -2.00. The minimum Gasteiger partial charge on any atom is -0.489 e. The van der Waals surface area contributed by atoms with Crippen LogP contribution in [0.4, 0.5) is 5.69 Å². The van der Waals surface area contributed by atoms with Crippen molar-refractivity contribution in [2.45, 2.75) is 0 Å². The Kier molecular flexibility index (Phi) is 2.98. The van der Waals surface area contributed by atoms with E-state index in [1.807, 2.05) is 0 Å². The molecule has 1 rings (SSSR count). The summed E-state index contributed by atoms with van der Waals surface area (Å²) in [4.78, 5) is 20.5. The summed E-state index contributed by atoms with van der Waals surface area (Å²) in [5.74, 6) is -0.188. The molecule has 0 aliphatic heterocycles. The number of benzene rings is 1. The lowest BCUT2D eigenvalue weighted by Gasteiger charge is -2.04. The molecule has 0 saturated carbocycles. The van der Waals surface area contributed by atoms with E-state index in [1.165, 1.54) is 19.2 Å². The first kappa shape index (κ1) is 10.7. The Bertz CT molecular complexity index is 462. The molecule has 0 spiro atoms. The molecule has 0 amide bonds. The fraction of sp³-hybridized carbons (Fsp3) is 0.111. The van der Waals surface area contributed by atoms with Gasteiger partial charge in [0.2, 0.25) is 5.75 Å². The van der Waals surface area contributed by atoms with Gasteiger partial charge in [0.25, 0.3) is 0 Å². The predicted octanol–water partition coefficient (Wildman–Crippen LogP) is 1.29. The normalized spacial score (nSPS) is 9.07. The number of hydrogen-bond donors (Lipinski definition) is 0. The van der Waals surface area contributed by atoms with Crippen LogP contribution in [0.15, 0.2) is 12.1 Å². The molecule has 0 heterocycles. The van der Waals surface area contributed by atoms with Crippen LogP contribution in [-0.4, -0.2) is 18.3 Å². The van der Waals surface area contributed by atoms with Gasteiger partial charge in [0.05, 0.1) is 17.6 Å². The van der Waals surface area contributed by atoms with Gasteiger partial charge in [-0.05, 0) is 12.1 Å². The third-order valence-electron chi connectivity index (χ3n) is 1.80. The summed E-state index contributed by atoms with van der Waals surface area (Å²) in [5, 5.41) is 19.4. The molecule has 0 bridgehead atoms. The van der Waals surface area contributed by atoms with Crippen LogP contribution < -0.4 is 4.74 Å². The number of nitro benzene ring substituents is 1. The Morgan fingerprint density at radius 1 is 1.60 bits per heavy atom. The zero-order valence-electron chi connectivity index (χ0n) is 7.76. The van der Waals surface area contributed by atoms with Gasteiger partial charge in [-0.2, -0.15) is 5.26 Å². The Hall–Kier alpha value is -2.42. The lowest BCUT2D eigenvalue weighted by atomic mass is 10.1. The molecule has 0 aromatic heterocycles. The van der Waals surface area contributed by atoms with E-state index in [0.717, 1.165) is 0 Å². The van der Waals surface area contributed by atoms with Crippen molar-refractivity contribution in [2.75, 3.05) is 7.11 Å². The maximum Gasteiger partial charge on any atom is 0.322 e. The van der Waals surface area contributed by atoms with Crippen LogP contribution in [0.25, 0.3) is 0 Å². The highest BCUT2D eigenvalue weighted by atomic mass is 16.6. The van der Waals surface area contributed by atoms with E-state index in [2.05, 4.69) is 0 Å². The van der Waals surface area contributed by atoms with E-state index < -0.39 is 10.6 Å². The minimum atomic E-state index is -0.747. The summed E-state index contributed by atoms with van der Waals surface area (Å²) in [7, 11) is 1.21. The zero-order chi connectivity index (χ0) is 11.4. The number of ether oxygens (including phenoxy) is 1. The molecule has 15 heavy (non-hydrogen) atoms. The molecule has 1 aromatic carbocycles. The molecule has 0 atom stereocenters. The maximum atomic E-state index is 10.7. The van der Waals surface area contributed by atoms with Crippen LogP contribution in [0, 0.1) is 21.4 Å². The largest absolute Gasteiger partial charge is 0.489 e. The van der Waals surface area contributed by atoms with Crippen molar-refractivity contribution in [3.8, 4) is 11.8 Å². The van der Waals surface area contributed by atoms with Crippen molar-refractivity contribution in [3.63, 3.8) is 0 Å². The third-order valence-corrected chi connectivity index (χ3v) is 1.80. The van der Waals surface area contributed by atoms with Gasteiger partial charge in [0, 0.05) is 0 Å². The van der Waals surface area contributed by atoms with E-state index in [0.29, 0.717) is 6.29 Å². The number of aldehydes is 1. The molecule has 1 aromatic rings. The van der Waals surface area contributed by atoms with Gasteiger partial charge < -0.3 is 4.74 Å². The quantitative estimate of drug-likeness (QED) is 0.422. The highest BCUT2D eigenvalue weighted by Gasteiger charge is 2.23. The van der Waals surface area contributed by atoms with Crippen LogP contribution in [0.3, 0.4) is 0 Å². The number of hydrogen-bond acceptors (Lipinski definition) is 5. The minimum absolute atomic E-state index is 0.0230. The molecule has 76 valence electrons. The third kappa shape index (κ3) is 1.76. The van der Waals surface area contributed by atoms with E-state index in [9.17, 15) is 14.9 Å². The summed E-state index contributed by atoms with van der Waals surface area (Å²) in [6.07, 6.45) is 0.349. The average Bonchev–Trinajstić information content (AvgIpc) is 2.26. The van der Waals surface area contributed by atoms with E-state index in [1.54, 1.807) is 6.07 Å². The summed E-state index contributed by atoms with van der Waals surface area (Å²) in [6.45, 7) is 0. The van der Waals surface area contributed by atoms with E-state index >= 15 is 0 Å². The molecule has 6 nitrogen and oxygen atoms in total. The van der Waals surface area contributed by atoms with Crippen molar-refractivity contribution in [1.82, 2.24) is 0 Å². The maximum absolute atomic E-state index is 10.7. The monoisotopic (exact) mass is 206 g/mol. The Labute approximate surface area is 84.8 Å². The second kappa shape index (κ2) is 4.19. The first-order valence-corrected chi connectivity index (χ1v) is 3.86. The van der Waals surface area contributed by atoms with Crippen molar-refractivity contribution in [2.24, 2.45) is 0 Å². The second-order valence-electron chi connectivity index (χ2n) is 2.57. The van der Waals surface area contributed by atoms with Gasteiger partial charge in [-0.1, -0.05) is 0 Å². The van der Waals surface area contributed by atoms with Crippen molar-refractivity contribution < 1.29 is 14.5 Å². The zero-order valence-corrected chi connectivity index (χ0v) is 7.76. The van der Waals surface area contributed by atoms with Gasteiger partial charge in [-0.15, -0.1) is 0 Å². The molecule has 0 unspecified atom stereocenters. The van der Waals surface area contributed by atoms with Crippen LogP contribution >= 0.6 is 0 Å². The topological polar surface area (TPSA) is 93.2 Å². The molecule has 0 N–H and O–H groups in total. The first-order valence-electron chi connectivity index (χ1n) is 3.86. The number of nitro groups is 1. The van der Waals surface area contributed by atoms with Crippen LogP contribution in [0.2, 0.25) is 0 Å². The smallest absolute Gasteiger partial charge is 0.322 e. The Morgan fingerprint density at radius 3 is 2.67 bits per heavy atom. The van der Waals surface area contributed by atoms with E-state index in [4.69, 9.17) is 10.00 Å². The van der Waals surface area contributed by atoms with Crippen LogP contribution in [0.1, 0.15) is 15.9 Å². The van der Waals surface area contributed by atoms with Crippen molar-refractivity contribution in [1.29, 1.82) is 5.26 Å². The highest BCUT2D eigenvalue weighted by Crippen LogP contribution is 2.33. The molecule has 0 fully saturated rings. The first-order chi connectivity index (χ1) is 7.15. The number of rotatable bonds is 3. The molecule has 0 radical (unpaired) electrons. The standard InChI is InChI=1S/C9H6N2O4/c1-15-9-6(4-10)2-3-7(5-12)8(9)11(13)14/h2-3,5H,1H3. The fourth-order valence-electron chi connectivity index (χ4n) is 1.16. The summed E-state index contributed by atoms with van der Waals surface area (Å²) in [5.41, 5.74) is -0.572. The number of nitriles is 1. The molecule has 0 aliphatic rings. The molecular formula is C9H6N2O4. The van der Waals surface area contributed by atoms with Gasteiger partial charge in [-0.3, -0.25) is 14.9 Å². The average molecular weight is 206 g/mol. The van der Waals surface area contributed by atoms with E-state index in [-0.39, 0.29) is 16.9 Å². The Morgan fingerprint density at radius 2 is 2.27 bits per heavy atom. The summed E-state index contributed by atoms with van der Waals surface area (Å²) < 4.78 is 4.75. The fourth-order valence-corrected chi connectivity index (χ4v) is 1.16. The van der Waals surface area contributed by atoms with Crippen molar-refractivity contribution >= 4 is 12.0 Å². The lowest BCUT2D eigenvalue weighted by molar-refractivity contribution is -0.386. The summed E-state index contributed by atoms with van der Waals surface area (Å²) in [6, 6.07) is 4.26. The molecular weight excluding hydrogens is 200 g/mol. The molecule has 0 saturated heterocycles. The number of carbonyl (C=O) groups excluding carboxylic acids is 1. The number of nitrogens with zero attached hydrogens (tertiary/aromatic N) is 2. The predicted molar refractivity (Wildman–Crippen MR) is 49.8 cm³/mol. The van der Waals surface area contributed by atoms with Gasteiger partial charge >= 0.3 is 5.69 Å². The second-order valence-corrected chi connectivity index (χ2v) is 2.57. The highest BCUT2D eigenvalue weighted by molar-refractivity contribution is 5.84. The molecule has 0 aliphatic carbocycles. The van der Waals surface area contributed by atoms with Crippen LogP contribution in [-0.2, 0) is 0 Å². The summed E-state index contributed by atoms with van der Waals surface area (Å²) >= 11 is 0. The Balaban J connectivity index is 3.60. The van der Waals surface area contributed by atoms with Gasteiger partial charge in [-0.25, -0.2) is 0 Å². The SMILES string of the molecule is COc1c(C#N)ccc(C=O)c1[N+](=O)[O-]. The number of carbonyl (C=O) groups is 1. The number of methoxy groups -OCH3 is 1. The van der Waals surface area contributed by atoms with Crippen molar-refractivity contribution in [3.05, 3.63) is 33.4 Å². The van der Waals surface area contributed by atoms with Gasteiger partial charge in [0.15, 0.2) is 6.29 Å². The molecule has 6 heteroatoms. The van der Waals surface area contributed by atoms with Crippen LogP contribution in [0.5, 0.6) is 5.75 Å².